The lowest BCUT2D eigenvalue weighted by Gasteiger charge is -2.24. The fourth-order valence-corrected chi connectivity index (χ4v) is 3.19. The van der Waals surface area contributed by atoms with Crippen LogP contribution in [0.25, 0.3) is 10.9 Å². The lowest BCUT2D eigenvalue weighted by Crippen LogP contribution is -2.27. The van der Waals surface area contributed by atoms with Crippen LogP contribution in [0.15, 0.2) is 18.2 Å². The predicted molar refractivity (Wildman–Crippen MR) is 79.2 cm³/mol. The van der Waals surface area contributed by atoms with Gasteiger partial charge >= 0.3 is 5.97 Å². The quantitative estimate of drug-likeness (QED) is 0.946. The van der Waals surface area contributed by atoms with Crippen LogP contribution in [0, 0.1) is 0 Å². The van der Waals surface area contributed by atoms with E-state index < -0.39 is 5.97 Å². The van der Waals surface area contributed by atoms with Crippen molar-refractivity contribution in [1.29, 1.82) is 0 Å². The third-order valence-electron chi connectivity index (χ3n) is 3.96. The summed E-state index contributed by atoms with van der Waals surface area (Å²) < 4.78 is 2.15. The number of benzene rings is 1. The van der Waals surface area contributed by atoms with Crippen LogP contribution in [0.4, 0.5) is 0 Å². The number of hydrogen-bond acceptors (Lipinski definition) is 2. The number of aromatic nitrogens is 1. The number of carbonyl (C=O) groups is 1. The maximum atomic E-state index is 10.9. The molecule has 0 atom stereocenters. The molecule has 0 saturated heterocycles. The molecule has 0 saturated carbocycles. The van der Waals surface area contributed by atoms with Crippen LogP contribution in [0.3, 0.4) is 0 Å². The molecule has 1 N–H and O–H groups in total. The van der Waals surface area contributed by atoms with E-state index in [4.69, 9.17) is 16.7 Å². The van der Waals surface area contributed by atoms with Gasteiger partial charge in [-0.05, 0) is 30.8 Å². The van der Waals surface area contributed by atoms with Crippen molar-refractivity contribution in [2.24, 2.45) is 0 Å². The highest BCUT2D eigenvalue weighted by Crippen LogP contribution is 2.32. The molecule has 0 unspecified atom stereocenters. The minimum Gasteiger partial charge on any atom is -0.481 e. The molecule has 0 bridgehead atoms. The number of rotatable bonds is 3. The summed E-state index contributed by atoms with van der Waals surface area (Å²) >= 11 is 6.12. The van der Waals surface area contributed by atoms with Gasteiger partial charge in [0.05, 0.1) is 6.42 Å². The second-order valence-electron chi connectivity index (χ2n) is 5.37. The number of hydrogen-bond donors (Lipinski definition) is 1. The second-order valence-corrected chi connectivity index (χ2v) is 5.81. The Morgan fingerprint density at radius 1 is 1.45 bits per heavy atom. The number of aryl methyl sites for hydroxylation is 1. The van der Waals surface area contributed by atoms with Gasteiger partial charge in [-0.15, -0.1) is 0 Å². The molecule has 20 heavy (non-hydrogen) atoms. The van der Waals surface area contributed by atoms with Crippen molar-refractivity contribution in [3.05, 3.63) is 34.5 Å². The Morgan fingerprint density at radius 3 is 3.00 bits per heavy atom. The molecule has 1 aliphatic heterocycles. The number of halogens is 1. The average molecular weight is 293 g/mol. The molecule has 2 heterocycles. The monoisotopic (exact) mass is 292 g/mol. The fourth-order valence-electron chi connectivity index (χ4n) is 3.02. The van der Waals surface area contributed by atoms with Crippen LogP contribution in [0.1, 0.15) is 17.7 Å². The zero-order valence-corrected chi connectivity index (χ0v) is 12.2. The largest absolute Gasteiger partial charge is 0.481 e. The van der Waals surface area contributed by atoms with E-state index in [0.29, 0.717) is 6.54 Å². The summed E-state index contributed by atoms with van der Waals surface area (Å²) in [5.74, 6) is -0.762. The Hall–Kier alpha value is -1.52. The smallest absolute Gasteiger partial charge is 0.305 e. The predicted octanol–water partition coefficient (Wildman–Crippen LogP) is 2.76. The highest BCUT2D eigenvalue weighted by molar-refractivity contribution is 6.31. The van der Waals surface area contributed by atoms with Crippen LogP contribution in [-0.2, 0) is 24.3 Å². The normalized spacial score (nSPS) is 15.5. The molecule has 106 valence electrons. The standard InChI is InChI=1S/C15H17ClN2O2/c1-17-6-4-14-12(9-17)11-8-10(16)2-3-13(11)18(14)7-5-15(19)20/h2-3,8H,4-7,9H2,1H3,(H,19,20). The third kappa shape index (κ3) is 2.30. The van der Waals surface area contributed by atoms with Gasteiger partial charge in [-0.2, -0.15) is 0 Å². The SMILES string of the molecule is CN1CCc2c(c3cc(Cl)ccc3n2CCC(=O)O)C1. The van der Waals surface area contributed by atoms with Gasteiger partial charge in [0.2, 0.25) is 0 Å². The Labute approximate surface area is 122 Å². The van der Waals surface area contributed by atoms with E-state index in [0.717, 1.165) is 35.4 Å². The summed E-state index contributed by atoms with van der Waals surface area (Å²) in [4.78, 5) is 13.1. The van der Waals surface area contributed by atoms with Gasteiger partial charge in [0, 0.05) is 47.7 Å². The summed E-state index contributed by atoms with van der Waals surface area (Å²) in [5.41, 5.74) is 3.65. The van der Waals surface area contributed by atoms with Gasteiger partial charge in [0.15, 0.2) is 0 Å². The van der Waals surface area contributed by atoms with Crippen LogP contribution < -0.4 is 0 Å². The second kappa shape index (κ2) is 5.11. The maximum Gasteiger partial charge on any atom is 0.305 e. The van der Waals surface area contributed by atoms with Crippen molar-refractivity contribution in [3.63, 3.8) is 0 Å². The van der Waals surface area contributed by atoms with Gasteiger partial charge in [-0.1, -0.05) is 11.6 Å². The minimum absolute atomic E-state index is 0.148. The highest BCUT2D eigenvalue weighted by Gasteiger charge is 2.22. The molecule has 1 aliphatic rings. The lowest BCUT2D eigenvalue weighted by molar-refractivity contribution is -0.137. The van der Waals surface area contributed by atoms with Crippen LogP contribution in [0.5, 0.6) is 0 Å². The molecule has 0 radical (unpaired) electrons. The molecule has 5 heteroatoms. The molecule has 1 aromatic heterocycles. The molecule has 0 amide bonds. The number of carboxylic acid groups (broad SMARTS) is 1. The van der Waals surface area contributed by atoms with Crippen LogP contribution in [0.2, 0.25) is 5.02 Å². The summed E-state index contributed by atoms with van der Waals surface area (Å²) in [6, 6.07) is 5.86. The van der Waals surface area contributed by atoms with Crippen LogP contribution in [-0.4, -0.2) is 34.1 Å². The Morgan fingerprint density at radius 2 is 2.25 bits per heavy atom. The Balaban J connectivity index is 2.15. The van der Waals surface area contributed by atoms with E-state index in [1.165, 1.54) is 11.3 Å². The van der Waals surface area contributed by atoms with Crippen molar-refractivity contribution < 1.29 is 9.90 Å². The van der Waals surface area contributed by atoms with Gasteiger partial charge in [-0.25, -0.2) is 0 Å². The highest BCUT2D eigenvalue weighted by atomic mass is 35.5. The Bertz CT molecular complexity index is 678. The van der Waals surface area contributed by atoms with E-state index in [1.54, 1.807) is 0 Å². The number of fused-ring (bicyclic) bond motifs is 3. The van der Waals surface area contributed by atoms with Gasteiger partial charge in [0.1, 0.15) is 0 Å². The first-order chi connectivity index (χ1) is 9.56. The molecule has 2 aromatic rings. The first-order valence-electron chi connectivity index (χ1n) is 6.76. The molecule has 0 aliphatic carbocycles. The summed E-state index contributed by atoms with van der Waals surface area (Å²) in [7, 11) is 2.11. The average Bonchev–Trinajstić information content (AvgIpc) is 2.69. The maximum absolute atomic E-state index is 10.9. The zero-order chi connectivity index (χ0) is 14.3. The third-order valence-corrected chi connectivity index (χ3v) is 4.19. The van der Waals surface area contributed by atoms with E-state index >= 15 is 0 Å². The van der Waals surface area contributed by atoms with Crippen molar-refractivity contribution in [2.75, 3.05) is 13.6 Å². The Kier molecular flexibility index (Phi) is 3.44. The first-order valence-corrected chi connectivity index (χ1v) is 7.14. The van der Waals surface area contributed by atoms with Crippen molar-refractivity contribution in [3.8, 4) is 0 Å². The molecule has 0 fully saturated rings. The molecular formula is C15H17ClN2O2. The van der Waals surface area contributed by atoms with Crippen molar-refractivity contribution in [1.82, 2.24) is 9.47 Å². The molecule has 4 nitrogen and oxygen atoms in total. The summed E-state index contributed by atoms with van der Waals surface area (Å²) in [5, 5.41) is 10.8. The van der Waals surface area contributed by atoms with Gasteiger partial charge < -0.3 is 14.6 Å². The van der Waals surface area contributed by atoms with Crippen molar-refractivity contribution in [2.45, 2.75) is 25.9 Å². The summed E-state index contributed by atoms with van der Waals surface area (Å²) in [6.45, 7) is 2.42. The molecule has 0 spiro atoms. The van der Waals surface area contributed by atoms with Crippen molar-refractivity contribution >= 4 is 28.5 Å². The van der Waals surface area contributed by atoms with Gasteiger partial charge in [0.25, 0.3) is 0 Å². The molecule has 3 rings (SSSR count). The van der Waals surface area contributed by atoms with E-state index in [2.05, 4.69) is 16.5 Å². The van der Waals surface area contributed by atoms with Crippen LogP contribution >= 0.6 is 11.6 Å². The number of nitrogens with zero attached hydrogens (tertiary/aromatic N) is 2. The summed E-state index contributed by atoms with van der Waals surface area (Å²) in [6.07, 6.45) is 1.10. The van der Waals surface area contributed by atoms with E-state index in [1.807, 2.05) is 18.2 Å². The van der Waals surface area contributed by atoms with E-state index in [-0.39, 0.29) is 6.42 Å². The minimum atomic E-state index is -0.762. The zero-order valence-electron chi connectivity index (χ0n) is 11.4. The first kappa shape index (κ1) is 13.5. The lowest BCUT2D eigenvalue weighted by atomic mass is 10.1. The van der Waals surface area contributed by atoms with E-state index in [9.17, 15) is 4.79 Å². The number of likely N-dealkylation sites (N-methyl/N-ethyl adjacent to an activating group) is 1. The van der Waals surface area contributed by atoms with Gasteiger partial charge in [-0.3, -0.25) is 4.79 Å². The fraction of sp³-hybridized carbons (Fsp3) is 0.400. The number of aliphatic carboxylic acids is 1. The molecular weight excluding hydrogens is 276 g/mol. The molecule has 1 aromatic carbocycles. The topological polar surface area (TPSA) is 45.5 Å². The number of carboxylic acids is 1.